The normalized spacial score (nSPS) is 23.5. The van der Waals surface area contributed by atoms with Crippen molar-refractivity contribution in [1.82, 2.24) is 0 Å². The molecule has 0 saturated carbocycles. The number of hydrogen-bond donors (Lipinski definition) is 0. The van der Waals surface area contributed by atoms with Gasteiger partial charge in [0.05, 0.1) is 4.58 Å². The molecule has 0 spiro atoms. The highest BCUT2D eigenvalue weighted by Crippen LogP contribution is 2.37. The van der Waals surface area contributed by atoms with Crippen molar-refractivity contribution in [3.05, 3.63) is 0 Å². The third kappa shape index (κ3) is 3.29. The Kier molecular flexibility index (Phi) is 4.77. The van der Waals surface area contributed by atoms with E-state index in [9.17, 15) is 0 Å². The Hall–Kier alpha value is 0.700. The van der Waals surface area contributed by atoms with Crippen LogP contribution in [0, 0.1) is 5.92 Å². The Bertz CT molecular complexity index is 97.7. The van der Waals surface area contributed by atoms with E-state index < -0.39 is 0 Å². The Labute approximate surface area is 78.9 Å². The van der Waals surface area contributed by atoms with Crippen LogP contribution >= 0.6 is 23.5 Å². The van der Waals surface area contributed by atoms with E-state index in [4.69, 9.17) is 0 Å². The van der Waals surface area contributed by atoms with Crippen molar-refractivity contribution in [1.29, 1.82) is 0 Å². The molecule has 1 aliphatic rings. The van der Waals surface area contributed by atoms with Crippen molar-refractivity contribution in [3.8, 4) is 0 Å². The molecule has 0 N–H and O–H groups in total. The first-order valence-corrected chi connectivity index (χ1v) is 6.67. The Morgan fingerprint density at radius 3 is 2.55 bits per heavy atom. The number of thioether (sulfide) groups is 2. The highest BCUT2D eigenvalue weighted by atomic mass is 32.2. The number of rotatable bonds is 3. The van der Waals surface area contributed by atoms with Crippen LogP contribution in [0.25, 0.3) is 0 Å². The molecule has 1 rings (SSSR count). The van der Waals surface area contributed by atoms with Gasteiger partial charge in [-0.1, -0.05) is 20.3 Å². The second-order valence-corrected chi connectivity index (χ2v) is 6.03. The van der Waals surface area contributed by atoms with Gasteiger partial charge in [0.2, 0.25) is 0 Å². The van der Waals surface area contributed by atoms with Crippen molar-refractivity contribution in [3.63, 3.8) is 0 Å². The lowest BCUT2D eigenvalue weighted by atomic mass is 10.1. The molecule has 0 bridgehead atoms. The topological polar surface area (TPSA) is 0 Å². The van der Waals surface area contributed by atoms with Gasteiger partial charge in [0, 0.05) is 0 Å². The van der Waals surface area contributed by atoms with E-state index in [0.29, 0.717) is 0 Å². The summed E-state index contributed by atoms with van der Waals surface area (Å²) in [5, 5.41) is 0. The molecule has 0 aliphatic carbocycles. The molecular formula is C9H18S2. The van der Waals surface area contributed by atoms with Crippen LogP contribution in [0.3, 0.4) is 0 Å². The molecular weight excluding hydrogens is 172 g/mol. The average Bonchev–Trinajstić information content (AvgIpc) is 2.07. The lowest BCUT2D eigenvalue weighted by molar-refractivity contribution is 0.566. The molecule has 0 radical (unpaired) electrons. The zero-order valence-electron chi connectivity index (χ0n) is 7.51. The predicted octanol–water partition coefficient (Wildman–Crippen LogP) is 3.62. The molecule has 1 aliphatic heterocycles. The fraction of sp³-hybridized carbons (Fsp3) is 1.00. The largest absolute Gasteiger partial charge is 0.147 e. The van der Waals surface area contributed by atoms with Gasteiger partial charge < -0.3 is 0 Å². The summed E-state index contributed by atoms with van der Waals surface area (Å²) in [5.74, 6) is 3.72. The van der Waals surface area contributed by atoms with Crippen LogP contribution in [0.2, 0.25) is 0 Å². The average molecular weight is 190 g/mol. The van der Waals surface area contributed by atoms with E-state index in [1.807, 2.05) is 0 Å². The monoisotopic (exact) mass is 190 g/mol. The van der Waals surface area contributed by atoms with Crippen LogP contribution in [0.1, 0.15) is 33.1 Å². The standard InChI is InChI=1S/C9H18S2/c1-3-5-8(2)9-10-6-4-7-11-9/h8-9H,3-7H2,1-2H3. The molecule has 1 atom stereocenters. The van der Waals surface area contributed by atoms with Crippen LogP contribution in [0.4, 0.5) is 0 Å². The summed E-state index contributed by atoms with van der Waals surface area (Å²) in [7, 11) is 0. The molecule has 0 amide bonds. The number of hydrogen-bond acceptors (Lipinski definition) is 2. The fourth-order valence-electron chi connectivity index (χ4n) is 1.43. The molecule has 1 saturated heterocycles. The maximum Gasteiger partial charge on any atom is 0.0527 e. The van der Waals surface area contributed by atoms with Gasteiger partial charge in [0.15, 0.2) is 0 Å². The molecule has 0 nitrogen and oxygen atoms in total. The van der Waals surface area contributed by atoms with Crippen LogP contribution in [0.5, 0.6) is 0 Å². The highest BCUT2D eigenvalue weighted by molar-refractivity contribution is 8.17. The molecule has 11 heavy (non-hydrogen) atoms. The van der Waals surface area contributed by atoms with Crippen molar-refractivity contribution in [2.45, 2.75) is 37.7 Å². The van der Waals surface area contributed by atoms with Gasteiger partial charge in [0.1, 0.15) is 0 Å². The summed E-state index contributed by atoms with van der Waals surface area (Å²) < 4.78 is 0.906. The van der Waals surface area contributed by atoms with Crippen molar-refractivity contribution in [2.24, 2.45) is 5.92 Å². The lowest BCUT2D eigenvalue weighted by Crippen LogP contribution is -2.15. The maximum absolute atomic E-state index is 2.40. The quantitative estimate of drug-likeness (QED) is 0.666. The summed E-state index contributed by atoms with van der Waals surface area (Å²) in [6.45, 7) is 4.69. The molecule has 1 heterocycles. The van der Waals surface area contributed by atoms with Crippen LogP contribution in [-0.4, -0.2) is 16.1 Å². The van der Waals surface area contributed by atoms with Crippen molar-refractivity contribution >= 4 is 23.5 Å². The van der Waals surface area contributed by atoms with E-state index in [1.165, 1.54) is 30.8 Å². The summed E-state index contributed by atoms with van der Waals surface area (Å²) in [6, 6.07) is 0. The minimum atomic E-state index is 0.906. The third-order valence-electron chi connectivity index (χ3n) is 2.06. The summed E-state index contributed by atoms with van der Waals surface area (Å²) in [5.41, 5.74) is 0. The summed E-state index contributed by atoms with van der Waals surface area (Å²) in [6.07, 6.45) is 4.17. The van der Waals surface area contributed by atoms with Crippen molar-refractivity contribution < 1.29 is 0 Å². The van der Waals surface area contributed by atoms with E-state index >= 15 is 0 Å². The molecule has 0 aromatic heterocycles. The second-order valence-electron chi connectivity index (χ2n) is 3.23. The first-order valence-electron chi connectivity index (χ1n) is 4.57. The molecule has 1 fully saturated rings. The Morgan fingerprint density at radius 2 is 2.00 bits per heavy atom. The van der Waals surface area contributed by atoms with Crippen LogP contribution < -0.4 is 0 Å². The van der Waals surface area contributed by atoms with E-state index in [-0.39, 0.29) is 0 Å². The van der Waals surface area contributed by atoms with Gasteiger partial charge in [-0.3, -0.25) is 0 Å². The van der Waals surface area contributed by atoms with E-state index in [2.05, 4.69) is 37.4 Å². The van der Waals surface area contributed by atoms with Gasteiger partial charge >= 0.3 is 0 Å². The second kappa shape index (κ2) is 5.36. The molecule has 0 aromatic rings. The first-order chi connectivity index (χ1) is 5.34. The van der Waals surface area contributed by atoms with Crippen molar-refractivity contribution in [2.75, 3.05) is 11.5 Å². The summed E-state index contributed by atoms with van der Waals surface area (Å²) in [4.78, 5) is 0. The zero-order chi connectivity index (χ0) is 8.10. The van der Waals surface area contributed by atoms with Gasteiger partial charge in [-0.15, -0.1) is 23.5 Å². The van der Waals surface area contributed by atoms with Gasteiger partial charge in [-0.2, -0.15) is 0 Å². The molecule has 1 unspecified atom stereocenters. The molecule has 66 valence electrons. The summed E-state index contributed by atoms with van der Waals surface area (Å²) >= 11 is 4.35. The van der Waals surface area contributed by atoms with Gasteiger partial charge in [-0.25, -0.2) is 0 Å². The predicted molar refractivity (Wildman–Crippen MR) is 57.4 cm³/mol. The highest BCUT2D eigenvalue weighted by Gasteiger charge is 2.19. The molecule has 2 heteroatoms. The Morgan fingerprint density at radius 1 is 1.36 bits per heavy atom. The smallest absolute Gasteiger partial charge is 0.0527 e. The maximum atomic E-state index is 2.40. The molecule has 0 aromatic carbocycles. The van der Waals surface area contributed by atoms with Gasteiger partial charge in [0.25, 0.3) is 0 Å². The minimum Gasteiger partial charge on any atom is -0.147 e. The van der Waals surface area contributed by atoms with Gasteiger partial charge in [-0.05, 0) is 30.3 Å². The van der Waals surface area contributed by atoms with Crippen LogP contribution in [0.15, 0.2) is 0 Å². The SMILES string of the molecule is CCCC(C)C1SCCCS1. The first kappa shape index (κ1) is 9.79. The van der Waals surface area contributed by atoms with E-state index in [0.717, 1.165) is 10.5 Å². The third-order valence-corrected chi connectivity index (χ3v) is 5.51. The van der Waals surface area contributed by atoms with E-state index in [1.54, 1.807) is 0 Å². The minimum absolute atomic E-state index is 0.906. The lowest BCUT2D eigenvalue weighted by Gasteiger charge is -2.26. The zero-order valence-corrected chi connectivity index (χ0v) is 9.14. The fourth-order valence-corrected chi connectivity index (χ4v) is 4.59. The van der Waals surface area contributed by atoms with Crippen LogP contribution in [-0.2, 0) is 0 Å². The Balaban J connectivity index is 2.21.